The first kappa shape index (κ1) is 38.7. The Morgan fingerprint density at radius 1 is 0.420 bits per heavy atom. The van der Waals surface area contributed by atoms with Crippen LogP contribution in [0.2, 0.25) is 0 Å². The largest absolute Gasteiger partial charge is 0.314 e. The molecule has 3 nitrogen and oxygen atoms in total. The van der Waals surface area contributed by atoms with Gasteiger partial charge in [-0.25, -0.2) is 0 Å². The van der Waals surface area contributed by atoms with Crippen molar-refractivity contribution < 1.29 is 0 Å². The maximum atomic E-state index is 2.54. The number of rotatable bonds is 6. The Labute approximate surface area is 401 Å². The highest BCUT2D eigenvalue weighted by Crippen LogP contribution is 2.53. The van der Waals surface area contributed by atoms with E-state index in [-0.39, 0.29) is 0 Å². The van der Waals surface area contributed by atoms with E-state index >= 15 is 0 Å². The van der Waals surface area contributed by atoms with Gasteiger partial charge in [-0.2, -0.15) is 0 Å². The maximum absolute atomic E-state index is 2.54. The number of nitrogens with zero attached hydrogens (tertiary/aromatic N) is 3. The number of hydrogen-bond acceptors (Lipinski definition) is 1. The van der Waals surface area contributed by atoms with E-state index in [2.05, 4.69) is 238 Å². The van der Waals surface area contributed by atoms with Crippen LogP contribution >= 0.6 is 0 Å². The zero-order valence-electron chi connectivity index (χ0n) is 38.2. The monoisotopic (exact) mass is 881 g/mol. The molecule has 8 aromatic carbocycles. The summed E-state index contributed by atoms with van der Waals surface area (Å²) >= 11 is 0. The minimum atomic E-state index is 0.394. The topological polar surface area (TPSA) is 12.6 Å². The molecule has 0 radical (unpaired) electrons. The molecule has 15 rings (SSSR count). The van der Waals surface area contributed by atoms with Crippen molar-refractivity contribution >= 4 is 71.3 Å². The van der Waals surface area contributed by atoms with Gasteiger partial charge in [-0.3, -0.25) is 0 Å². The SMILES string of the molecule is C1=CCC2C(=C1)C1=CC=C(C3=CC=C(N(c4ccc(-c5ccc(-n6c7ccccc7c7ccccc76)cc5)cc4)c4cc5c6ccccc6n6c7ccccc7c(c4)c56)CC3)CC1c1ccccc12. The van der Waals surface area contributed by atoms with Crippen LogP contribution in [0.3, 0.4) is 0 Å². The van der Waals surface area contributed by atoms with E-state index in [9.17, 15) is 0 Å². The molecule has 0 aliphatic heterocycles. The maximum Gasteiger partial charge on any atom is 0.0622 e. The minimum Gasteiger partial charge on any atom is -0.314 e. The Kier molecular flexibility index (Phi) is 8.44. The van der Waals surface area contributed by atoms with Gasteiger partial charge in [0.15, 0.2) is 0 Å². The lowest BCUT2D eigenvalue weighted by Crippen LogP contribution is -2.23. The summed E-state index contributed by atoms with van der Waals surface area (Å²) < 4.78 is 4.86. The summed E-state index contributed by atoms with van der Waals surface area (Å²) in [5, 5.41) is 7.72. The van der Waals surface area contributed by atoms with Crippen molar-refractivity contribution in [3.63, 3.8) is 0 Å². The molecule has 11 aromatic rings. The van der Waals surface area contributed by atoms with Crippen LogP contribution in [0.5, 0.6) is 0 Å². The molecule has 2 atom stereocenters. The minimum absolute atomic E-state index is 0.394. The van der Waals surface area contributed by atoms with Crippen LogP contribution in [0.25, 0.3) is 76.7 Å². The Balaban J connectivity index is 0.832. The lowest BCUT2D eigenvalue weighted by molar-refractivity contribution is 0.664. The summed E-state index contributed by atoms with van der Waals surface area (Å²) in [7, 11) is 0. The molecule has 0 spiro atoms. The molecule has 3 heteroatoms. The average molecular weight is 882 g/mol. The van der Waals surface area contributed by atoms with Crippen LogP contribution < -0.4 is 4.90 Å². The van der Waals surface area contributed by atoms with Gasteiger partial charge in [0.1, 0.15) is 0 Å². The van der Waals surface area contributed by atoms with E-state index < -0.39 is 0 Å². The normalized spacial score (nSPS) is 17.7. The van der Waals surface area contributed by atoms with Gasteiger partial charge in [-0.05, 0) is 137 Å². The van der Waals surface area contributed by atoms with Crippen LogP contribution in [-0.2, 0) is 0 Å². The van der Waals surface area contributed by atoms with Crippen molar-refractivity contribution in [1.82, 2.24) is 8.97 Å². The lowest BCUT2D eigenvalue weighted by atomic mass is 9.65. The Morgan fingerprint density at radius 2 is 0.957 bits per heavy atom. The van der Waals surface area contributed by atoms with Crippen molar-refractivity contribution in [3.05, 3.63) is 264 Å². The molecule has 326 valence electrons. The van der Waals surface area contributed by atoms with Crippen LogP contribution in [0, 0.1) is 0 Å². The van der Waals surface area contributed by atoms with Crippen LogP contribution in [0.4, 0.5) is 11.4 Å². The molecule has 69 heavy (non-hydrogen) atoms. The van der Waals surface area contributed by atoms with E-state index in [0.29, 0.717) is 11.8 Å². The first-order valence-corrected chi connectivity index (χ1v) is 24.7. The Hall–Kier alpha value is -8.40. The summed E-state index contributed by atoms with van der Waals surface area (Å²) in [5.74, 6) is 0.862. The van der Waals surface area contributed by atoms with E-state index in [1.807, 2.05) is 0 Å². The summed E-state index contributed by atoms with van der Waals surface area (Å²) in [6, 6.07) is 67.8. The van der Waals surface area contributed by atoms with E-state index in [0.717, 1.165) is 31.4 Å². The van der Waals surface area contributed by atoms with Crippen molar-refractivity contribution in [2.45, 2.75) is 37.5 Å². The molecule has 4 aliphatic carbocycles. The second-order valence-electron chi connectivity index (χ2n) is 19.4. The third-order valence-corrected chi connectivity index (χ3v) is 15.9. The van der Waals surface area contributed by atoms with Gasteiger partial charge in [-0.1, -0.05) is 158 Å². The molecule has 3 aromatic heterocycles. The highest BCUT2D eigenvalue weighted by molar-refractivity contribution is 6.24. The standard InChI is InChI=1S/C66H47N3/c1-2-15-52-50(13-1)51-14-3-4-16-53(51)59-39-45(31-38-54(52)59)44-29-34-47(35-30-44)67(49-40-60-57-19-7-11-23-64(57)69-65-24-12-8-20-58(65)61(41-49)66(60)69)46-32-25-42(26-33-46)43-27-36-48(37-28-43)68-62-21-9-5-17-55(62)56-18-6-10-22-63(56)68/h1-12,14-29,31-34,36-38,40-41,50,59H,13,30,35,39H2. The Morgan fingerprint density at radius 3 is 1.58 bits per heavy atom. The summed E-state index contributed by atoms with van der Waals surface area (Å²) in [6.45, 7) is 0. The smallest absolute Gasteiger partial charge is 0.0622 e. The molecule has 4 aliphatic rings. The fourth-order valence-corrected chi connectivity index (χ4v) is 12.8. The highest BCUT2D eigenvalue weighted by Gasteiger charge is 2.36. The summed E-state index contributed by atoms with van der Waals surface area (Å²) in [4.78, 5) is 2.54. The lowest BCUT2D eigenvalue weighted by Gasteiger charge is -2.39. The molecule has 0 bridgehead atoms. The molecule has 3 heterocycles. The van der Waals surface area contributed by atoms with Crippen molar-refractivity contribution in [2.24, 2.45) is 0 Å². The van der Waals surface area contributed by atoms with Crippen molar-refractivity contribution in [2.75, 3.05) is 4.90 Å². The number of anilines is 2. The van der Waals surface area contributed by atoms with Crippen molar-refractivity contribution in [1.29, 1.82) is 0 Å². The molecular weight excluding hydrogens is 835 g/mol. The number of hydrogen-bond donors (Lipinski definition) is 0. The molecule has 0 amide bonds. The van der Waals surface area contributed by atoms with E-state index in [1.54, 1.807) is 0 Å². The van der Waals surface area contributed by atoms with Gasteiger partial charge in [0, 0.05) is 66.9 Å². The predicted molar refractivity (Wildman–Crippen MR) is 289 cm³/mol. The van der Waals surface area contributed by atoms with E-state index in [1.165, 1.54) is 122 Å². The second-order valence-corrected chi connectivity index (χ2v) is 19.4. The Bertz CT molecular complexity index is 3990. The summed E-state index contributed by atoms with van der Waals surface area (Å²) in [5.41, 5.74) is 22.5. The first-order valence-electron chi connectivity index (χ1n) is 24.7. The number of benzene rings is 8. The van der Waals surface area contributed by atoms with Gasteiger partial charge in [0.2, 0.25) is 0 Å². The second kappa shape index (κ2) is 15.1. The third-order valence-electron chi connectivity index (χ3n) is 15.9. The van der Waals surface area contributed by atoms with Crippen LogP contribution in [0.15, 0.2) is 253 Å². The molecule has 2 unspecified atom stereocenters. The zero-order valence-corrected chi connectivity index (χ0v) is 38.2. The number of allylic oxidation sites excluding steroid dienone is 12. The predicted octanol–water partition coefficient (Wildman–Crippen LogP) is 17.4. The molecule has 0 saturated heterocycles. The average Bonchev–Trinajstić information content (AvgIpc) is 4.07. The fourth-order valence-electron chi connectivity index (χ4n) is 12.8. The number of fused-ring (bicyclic) bond motifs is 15. The van der Waals surface area contributed by atoms with Gasteiger partial charge in [-0.15, -0.1) is 0 Å². The summed E-state index contributed by atoms with van der Waals surface area (Å²) in [6.07, 6.45) is 20.8. The van der Waals surface area contributed by atoms with E-state index in [4.69, 9.17) is 0 Å². The van der Waals surface area contributed by atoms with Gasteiger partial charge in [0.05, 0.1) is 27.6 Å². The number of aromatic nitrogens is 2. The fraction of sp³-hybridized carbons (Fsp3) is 0.0909. The molecule has 0 N–H and O–H groups in total. The zero-order chi connectivity index (χ0) is 45.2. The molecular formula is C66H47N3. The first-order chi connectivity index (χ1) is 34.2. The quantitative estimate of drug-likeness (QED) is 0.162. The molecule has 0 saturated carbocycles. The van der Waals surface area contributed by atoms with Crippen LogP contribution in [-0.4, -0.2) is 8.97 Å². The third kappa shape index (κ3) is 5.80. The highest BCUT2D eigenvalue weighted by atomic mass is 15.1. The van der Waals surface area contributed by atoms with Crippen molar-refractivity contribution in [3.8, 4) is 16.8 Å². The van der Waals surface area contributed by atoms with Gasteiger partial charge in [0.25, 0.3) is 0 Å². The van der Waals surface area contributed by atoms with Gasteiger partial charge >= 0.3 is 0 Å². The van der Waals surface area contributed by atoms with Crippen LogP contribution in [0.1, 0.15) is 48.6 Å². The number of para-hydroxylation sites is 4. The molecule has 0 fully saturated rings. The van der Waals surface area contributed by atoms with Gasteiger partial charge < -0.3 is 13.9 Å².